The minimum absolute atomic E-state index is 0.278. The molecule has 0 spiro atoms. The van der Waals surface area contributed by atoms with Crippen molar-refractivity contribution in [3.8, 4) is 6.07 Å². The van der Waals surface area contributed by atoms with Crippen molar-refractivity contribution in [1.82, 2.24) is 0 Å². The van der Waals surface area contributed by atoms with Crippen LogP contribution < -0.4 is 4.90 Å². The van der Waals surface area contributed by atoms with Gasteiger partial charge in [0.25, 0.3) is 0 Å². The first-order chi connectivity index (χ1) is 9.19. The van der Waals surface area contributed by atoms with Crippen molar-refractivity contribution in [2.45, 2.75) is 6.42 Å². The van der Waals surface area contributed by atoms with Crippen molar-refractivity contribution in [2.24, 2.45) is 0 Å². The van der Waals surface area contributed by atoms with E-state index in [1.165, 1.54) is 18.2 Å². The Hall–Kier alpha value is -2.41. The number of hydrogen-bond donors (Lipinski definition) is 0. The molecule has 2 nitrogen and oxygen atoms in total. The Balaban J connectivity index is 2.07. The maximum Gasteiger partial charge on any atom is 0.148 e. The summed E-state index contributed by atoms with van der Waals surface area (Å²) in [6, 6.07) is 10.8. The normalized spacial score (nSPS) is 13.2. The predicted octanol–water partition coefficient (Wildman–Crippen LogP) is 3.53. The van der Waals surface area contributed by atoms with Crippen LogP contribution in [-0.2, 0) is 6.42 Å². The number of rotatable bonds is 1. The van der Waals surface area contributed by atoms with E-state index < -0.39 is 5.82 Å². The van der Waals surface area contributed by atoms with E-state index in [2.05, 4.69) is 0 Å². The Morgan fingerprint density at radius 3 is 2.63 bits per heavy atom. The molecule has 1 heterocycles. The summed E-state index contributed by atoms with van der Waals surface area (Å²) in [6.07, 6.45) is 0.759. The Kier molecular flexibility index (Phi) is 2.68. The van der Waals surface area contributed by atoms with Crippen molar-refractivity contribution in [3.63, 3.8) is 0 Å². The Bertz CT molecular complexity index is 689. The summed E-state index contributed by atoms with van der Waals surface area (Å²) in [5.74, 6) is -0.795. The van der Waals surface area contributed by atoms with Gasteiger partial charge in [-0.1, -0.05) is 6.07 Å². The van der Waals surface area contributed by atoms with Crippen LogP contribution in [0.25, 0.3) is 0 Å². The van der Waals surface area contributed by atoms with Crippen LogP contribution in [0.5, 0.6) is 0 Å². The van der Waals surface area contributed by atoms with E-state index in [1.54, 1.807) is 23.1 Å². The zero-order valence-corrected chi connectivity index (χ0v) is 10.0. The van der Waals surface area contributed by atoms with Crippen molar-refractivity contribution in [3.05, 3.63) is 59.2 Å². The number of nitrogens with zero attached hydrogens (tertiary/aromatic N) is 2. The van der Waals surface area contributed by atoms with E-state index in [0.29, 0.717) is 17.9 Å². The highest BCUT2D eigenvalue weighted by molar-refractivity contribution is 5.70. The second-order valence-corrected chi connectivity index (χ2v) is 4.45. The average molecular weight is 256 g/mol. The summed E-state index contributed by atoms with van der Waals surface area (Å²) in [6.45, 7) is 0.613. The first kappa shape index (κ1) is 11.7. The molecule has 3 rings (SSSR count). The van der Waals surface area contributed by atoms with Gasteiger partial charge in [0.2, 0.25) is 0 Å². The topological polar surface area (TPSA) is 27.0 Å². The second kappa shape index (κ2) is 4.36. The van der Waals surface area contributed by atoms with Crippen molar-refractivity contribution < 1.29 is 8.78 Å². The lowest BCUT2D eigenvalue weighted by Gasteiger charge is -2.20. The predicted molar refractivity (Wildman–Crippen MR) is 68.2 cm³/mol. The number of anilines is 2. The summed E-state index contributed by atoms with van der Waals surface area (Å²) in [5.41, 5.74) is 2.36. The molecule has 0 amide bonds. The molecular weight excluding hydrogens is 246 g/mol. The lowest BCUT2D eigenvalue weighted by atomic mass is 10.1. The lowest BCUT2D eigenvalue weighted by Crippen LogP contribution is -2.15. The zero-order chi connectivity index (χ0) is 13.4. The number of fused-ring (bicyclic) bond motifs is 1. The summed E-state index contributed by atoms with van der Waals surface area (Å²) in [5, 5.41) is 8.73. The summed E-state index contributed by atoms with van der Waals surface area (Å²) in [4.78, 5) is 1.74. The van der Waals surface area contributed by atoms with Crippen molar-refractivity contribution in [1.29, 1.82) is 5.26 Å². The number of hydrogen-bond acceptors (Lipinski definition) is 2. The highest BCUT2D eigenvalue weighted by Crippen LogP contribution is 2.36. The number of benzene rings is 2. The molecule has 0 saturated heterocycles. The van der Waals surface area contributed by atoms with Crippen LogP contribution in [0.3, 0.4) is 0 Å². The summed E-state index contributed by atoms with van der Waals surface area (Å²) in [7, 11) is 0. The van der Waals surface area contributed by atoms with E-state index in [4.69, 9.17) is 5.26 Å². The maximum absolute atomic E-state index is 14.0. The molecule has 4 heteroatoms. The van der Waals surface area contributed by atoms with E-state index >= 15 is 0 Å². The molecular formula is C15H10F2N2. The van der Waals surface area contributed by atoms with Crippen LogP contribution in [0.2, 0.25) is 0 Å². The summed E-state index contributed by atoms with van der Waals surface area (Å²) < 4.78 is 27.3. The van der Waals surface area contributed by atoms with Gasteiger partial charge < -0.3 is 4.90 Å². The fraction of sp³-hybridized carbons (Fsp3) is 0.133. The highest BCUT2D eigenvalue weighted by Gasteiger charge is 2.23. The molecule has 0 saturated carbocycles. The third-order valence-corrected chi connectivity index (χ3v) is 3.31. The molecule has 0 fully saturated rings. The third-order valence-electron chi connectivity index (χ3n) is 3.31. The fourth-order valence-corrected chi connectivity index (χ4v) is 2.40. The van der Waals surface area contributed by atoms with Crippen molar-refractivity contribution >= 4 is 11.4 Å². The van der Waals surface area contributed by atoms with Crippen LogP contribution in [0.4, 0.5) is 20.2 Å². The quantitative estimate of drug-likeness (QED) is 0.780. The number of nitriles is 1. The smallest absolute Gasteiger partial charge is 0.148 e. The lowest BCUT2D eigenvalue weighted by molar-refractivity contribution is 0.623. The third kappa shape index (κ3) is 1.93. The first-order valence-electron chi connectivity index (χ1n) is 5.94. The van der Waals surface area contributed by atoms with Gasteiger partial charge in [-0.25, -0.2) is 8.78 Å². The van der Waals surface area contributed by atoms with Crippen LogP contribution in [0.15, 0.2) is 36.4 Å². The van der Waals surface area contributed by atoms with Gasteiger partial charge in [0, 0.05) is 12.2 Å². The Morgan fingerprint density at radius 2 is 1.89 bits per heavy atom. The zero-order valence-electron chi connectivity index (χ0n) is 10.0. The number of halogens is 2. The fourth-order valence-electron chi connectivity index (χ4n) is 2.40. The molecule has 0 atom stereocenters. The first-order valence-corrected chi connectivity index (χ1v) is 5.94. The molecule has 0 aromatic heterocycles. The standard InChI is InChI=1S/C15H10F2N2/c16-12-3-2-11-5-6-19(15(11)8-12)14-4-1-10(9-18)7-13(14)17/h1-4,7-8H,5-6H2. The largest absolute Gasteiger partial charge is 0.338 e. The molecule has 0 aliphatic carbocycles. The molecule has 0 unspecified atom stereocenters. The molecule has 0 N–H and O–H groups in total. The maximum atomic E-state index is 14.0. The van der Waals surface area contributed by atoms with Crippen molar-refractivity contribution in [2.75, 3.05) is 11.4 Å². The Labute approximate surface area is 109 Å². The molecule has 0 radical (unpaired) electrons. The molecule has 1 aliphatic rings. The van der Waals surface area contributed by atoms with Gasteiger partial charge in [-0.3, -0.25) is 0 Å². The molecule has 0 bridgehead atoms. The second-order valence-electron chi connectivity index (χ2n) is 4.45. The molecule has 19 heavy (non-hydrogen) atoms. The van der Waals surface area contributed by atoms with Gasteiger partial charge in [-0.05, 0) is 42.3 Å². The molecule has 1 aliphatic heterocycles. The van der Waals surface area contributed by atoms with Crippen LogP contribution in [0, 0.1) is 23.0 Å². The molecule has 2 aromatic rings. The monoisotopic (exact) mass is 256 g/mol. The van der Waals surface area contributed by atoms with E-state index in [-0.39, 0.29) is 11.4 Å². The summed E-state index contributed by atoms with van der Waals surface area (Å²) >= 11 is 0. The van der Waals surface area contributed by atoms with E-state index in [1.807, 2.05) is 6.07 Å². The van der Waals surface area contributed by atoms with E-state index in [9.17, 15) is 8.78 Å². The van der Waals surface area contributed by atoms with Crippen LogP contribution >= 0.6 is 0 Å². The molecule has 94 valence electrons. The minimum atomic E-state index is -0.462. The van der Waals surface area contributed by atoms with Crippen LogP contribution in [0.1, 0.15) is 11.1 Å². The van der Waals surface area contributed by atoms with Gasteiger partial charge in [0.1, 0.15) is 11.6 Å². The highest BCUT2D eigenvalue weighted by atomic mass is 19.1. The van der Waals surface area contributed by atoms with Gasteiger partial charge in [-0.2, -0.15) is 5.26 Å². The van der Waals surface area contributed by atoms with Gasteiger partial charge >= 0.3 is 0 Å². The van der Waals surface area contributed by atoms with Gasteiger partial charge in [0.05, 0.1) is 17.3 Å². The van der Waals surface area contributed by atoms with Crippen LogP contribution in [-0.4, -0.2) is 6.54 Å². The van der Waals surface area contributed by atoms with E-state index in [0.717, 1.165) is 12.0 Å². The average Bonchev–Trinajstić information content (AvgIpc) is 2.81. The SMILES string of the molecule is N#Cc1ccc(N2CCc3ccc(F)cc32)c(F)c1. The van der Waals surface area contributed by atoms with Gasteiger partial charge in [-0.15, -0.1) is 0 Å². The molecule has 2 aromatic carbocycles. The van der Waals surface area contributed by atoms with Gasteiger partial charge in [0.15, 0.2) is 0 Å². The Morgan fingerprint density at radius 1 is 1.05 bits per heavy atom. The minimum Gasteiger partial charge on any atom is -0.338 e.